The lowest BCUT2D eigenvalue weighted by Gasteiger charge is -2.05. The second-order valence-electron chi connectivity index (χ2n) is 4.74. The van der Waals surface area contributed by atoms with E-state index >= 15 is 0 Å². The molecule has 1 fully saturated rings. The Morgan fingerprint density at radius 2 is 1.77 bits per heavy atom. The van der Waals surface area contributed by atoms with Crippen LogP contribution >= 0.6 is 0 Å². The van der Waals surface area contributed by atoms with Crippen molar-refractivity contribution in [3.63, 3.8) is 0 Å². The number of alkyl carbamates (subject to hydrolysis) is 1. The third-order valence-corrected chi connectivity index (χ3v) is 3.56. The predicted octanol–water partition coefficient (Wildman–Crippen LogP) is 2.17. The van der Waals surface area contributed by atoms with Gasteiger partial charge in [-0.3, -0.25) is 0 Å². The Bertz CT molecular complexity index is 207. The maximum atomic E-state index is 11.1. The van der Waals surface area contributed by atoms with Gasteiger partial charge in [0, 0.05) is 6.04 Å². The minimum absolute atomic E-state index is 0.180. The van der Waals surface area contributed by atoms with Gasteiger partial charge in [0.25, 0.3) is 0 Å². The standard InChI is InChI=1S/C10H19NO2/c1-6-13-8(12)11-7-9(2,3)10(7,4)5/h7H,6H2,1-5H3,(H,11,12). The number of carbonyl (C=O) groups is 1. The van der Waals surface area contributed by atoms with Crippen molar-refractivity contribution in [3.8, 4) is 0 Å². The molecule has 0 unspecified atom stereocenters. The third-order valence-electron chi connectivity index (χ3n) is 3.56. The zero-order valence-electron chi connectivity index (χ0n) is 9.10. The smallest absolute Gasteiger partial charge is 0.407 e. The summed E-state index contributed by atoms with van der Waals surface area (Å²) in [5.41, 5.74) is 0.361. The number of hydrogen-bond acceptors (Lipinski definition) is 2. The van der Waals surface area contributed by atoms with Crippen LogP contribution in [0.1, 0.15) is 34.6 Å². The van der Waals surface area contributed by atoms with Gasteiger partial charge in [0.05, 0.1) is 6.61 Å². The topological polar surface area (TPSA) is 38.3 Å². The van der Waals surface area contributed by atoms with Crippen LogP contribution in [0.3, 0.4) is 0 Å². The van der Waals surface area contributed by atoms with Gasteiger partial charge >= 0.3 is 6.09 Å². The Labute approximate surface area is 79.8 Å². The predicted molar refractivity (Wildman–Crippen MR) is 51.5 cm³/mol. The molecule has 0 atom stereocenters. The van der Waals surface area contributed by atoms with Gasteiger partial charge in [0.1, 0.15) is 0 Å². The SMILES string of the molecule is CCOC(=O)NC1C(C)(C)C1(C)C. The Hall–Kier alpha value is -0.730. The molecule has 1 N–H and O–H groups in total. The van der Waals surface area contributed by atoms with Gasteiger partial charge in [-0.25, -0.2) is 4.79 Å². The molecule has 0 aliphatic heterocycles. The molecule has 1 aliphatic carbocycles. The Morgan fingerprint density at radius 1 is 1.31 bits per heavy atom. The summed E-state index contributed by atoms with van der Waals surface area (Å²) in [6.45, 7) is 10.9. The summed E-state index contributed by atoms with van der Waals surface area (Å²) in [4.78, 5) is 11.1. The Morgan fingerprint density at radius 3 is 2.08 bits per heavy atom. The maximum Gasteiger partial charge on any atom is 0.407 e. The molecule has 3 heteroatoms. The van der Waals surface area contributed by atoms with Gasteiger partial charge in [-0.2, -0.15) is 0 Å². The van der Waals surface area contributed by atoms with Gasteiger partial charge in [-0.05, 0) is 17.8 Å². The average molecular weight is 185 g/mol. The summed E-state index contributed by atoms with van der Waals surface area (Å²) in [6.07, 6.45) is -0.300. The van der Waals surface area contributed by atoms with Crippen LogP contribution in [-0.4, -0.2) is 18.7 Å². The molecular weight excluding hydrogens is 166 g/mol. The molecule has 0 aromatic rings. The molecule has 0 heterocycles. The van der Waals surface area contributed by atoms with Crippen LogP contribution in [0.4, 0.5) is 4.79 Å². The number of amides is 1. The van der Waals surface area contributed by atoms with Crippen molar-refractivity contribution in [1.82, 2.24) is 5.32 Å². The maximum absolute atomic E-state index is 11.1. The van der Waals surface area contributed by atoms with Gasteiger partial charge in [0.15, 0.2) is 0 Å². The molecule has 13 heavy (non-hydrogen) atoms. The van der Waals surface area contributed by atoms with E-state index in [1.807, 2.05) is 6.92 Å². The van der Waals surface area contributed by atoms with Crippen molar-refractivity contribution >= 4 is 6.09 Å². The first kappa shape index (κ1) is 10.4. The van der Waals surface area contributed by atoms with Crippen molar-refractivity contribution < 1.29 is 9.53 Å². The van der Waals surface area contributed by atoms with Crippen LogP contribution < -0.4 is 5.32 Å². The first-order valence-electron chi connectivity index (χ1n) is 4.77. The highest BCUT2D eigenvalue weighted by atomic mass is 16.5. The van der Waals surface area contributed by atoms with Crippen molar-refractivity contribution in [2.75, 3.05) is 6.61 Å². The second-order valence-corrected chi connectivity index (χ2v) is 4.74. The van der Waals surface area contributed by atoms with Gasteiger partial charge in [-0.15, -0.1) is 0 Å². The molecule has 3 nitrogen and oxygen atoms in total. The number of rotatable bonds is 2. The van der Waals surface area contributed by atoms with Crippen LogP contribution in [-0.2, 0) is 4.74 Å². The first-order chi connectivity index (χ1) is 5.84. The minimum atomic E-state index is -0.300. The van der Waals surface area contributed by atoms with E-state index in [2.05, 4.69) is 33.0 Å². The quantitative estimate of drug-likeness (QED) is 0.716. The van der Waals surface area contributed by atoms with E-state index in [0.717, 1.165) is 0 Å². The molecule has 1 amide bonds. The van der Waals surface area contributed by atoms with Crippen LogP contribution in [0.2, 0.25) is 0 Å². The van der Waals surface area contributed by atoms with Gasteiger partial charge in [-0.1, -0.05) is 27.7 Å². The van der Waals surface area contributed by atoms with Crippen LogP contribution in [0.5, 0.6) is 0 Å². The van der Waals surface area contributed by atoms with Crippen LogP contribution in [0.15, 0.2) is 0 Å². The highest BCUT2D eigenvalue weighted by Gasteiger charge is 2.65. The fourth-order valence-electron chi connectivity index (χ4n) is 1.85. The summed E-state index contributed by atoms with van der Waals surface area (Å²) in [5.74, 6) is 0. The number of hydrogen-bond donors (Lipinski definition) is 1. The third kappa shape index (κ3) is 1.52. The summed E-state index contributed by atoms with van der Waals surface area (Å²) in [6, 6.07) is 0.235. The molecule has 0 aromatic carbocycles. The molecule has 0 aromatic heterocycles. The normalized spacial score (nSPS) is 23.8. The van der Waals surface area contributed by atoms with Gasteiger partial charge < -0.3 is 10.1 Å². The minimum Gasteiger partial charge on any atom is -0.450 e. The monoisotopic (exact) mass is 185 g/mol. The molecule has 0 bridgehead atoms. The number of carbonyl (C=O) groups excluding carboxylic acids is 1. The lowest BCUT2D eigenvalue weighted by molar-refractivity contribution is 0.149. The van der Waals surface area contributed by atoms with Crippen LogP contribution in [0.25, 0.3) is 0 Å². The highest BCUT2D eigenvalue weighted by Crippen LogP contribution is 2.62. The first-order valence-corrected chi connectivity index (χ1v) is 4.77. The van der Waals surface area contributed by atoms with Gasteiger partial charge in [0.2, 0.25) is 0 Å². The van der Waals surface area contributed by atoms with Crippen molar-refractivity contribution in [1.29, 1.82) is 0 Å². The number of ether oxygens (including phenoxy) is 1. The summed E-state index contributed by atoms with van der Waals surface area (Å²) in [7, 11) is 0. The Balaban J connectivity index is 2.46. The van der Waals surface area contributed by atoms with Crippen LogP contribution in [0, 0.1) is 10.8 Å². The van der Waals surface area contributed by atoms with E-state index in [9.17, 15) is 4.79 Å². The van der Waals surface area contributed by atoms with Crippen molar-refractivity contribution in [2.24, 2.45) is 10.8 Å². The molecule has 76 valence electrons. The largest absolute Gasteiger partial charge is 0.450 e. The summed E-state index contributed by atoms with van der Waals surface area (Å²) >= 11 is 0. The second kappa shape index (κ2) is 2.89. The molecule has 0 saturated heterocycles. The zero-order chi connectivity index (χ0) is 10.3. The van der Waals surface area contributed by atoms with E-state index in [1.54, 1.807) is 0 Å². The van der Waals surface area contributed by atoms with E-state index in [4.69, 9.17) is 4.74 Å². The molecule has 0 radical (unpaired) electrons. The molecule has 1 saturated carbocycles. The molecule has 1 rings (SSSR count). The fourth-order valence-corrected chi connectivity index (χ4v) is 1.85. The molecular formula is C10H19NO2. The lowest BCUT2D eigenvalue weighted by Crippen LogP contribution is -2.30. The zero-order valence-corrected chi connectivity index (χ0v) is 9.10. The molecule has 0 spiro atoms. The molecule has 1 aliphatic rings. The number of nitrogens with one attached hydrogen (secondary N) is 1. The Kier molecular flexibility index (Phi) is 2.30. The average Bonchev–Trinajstić information content (AvgIpc) is 2.33. The summed E-state index contributed by atoms with van der Waals surface area (Å²) in [5, 5.41) is 2.87. The highest BCUT2D eigenvalue weighted by molar-refractivity contribution is 5.68. The lowest BCUT2D eigenvalue weighted by atomic mass is 10.0. The van der Waals surface area contributed by atoms with E-state index in [1.165, 1.54) is 0 Å². The van der Waals surface area contributed by atoms with E-state index in [0.29, 0.717) is 6.61 Å². The fraction of sp³-hybridized carbons (Fsp3) is 0.900. The van der Waals surface area contributed by atoms with E-state index < -0.39 is 0 Å². The van der Waals surface area contributed by atoms with E-state index in [-0.39, 0.29) is 23.0 Å². The summed E-state index contributed by atoms with van der Waals surface area (Å²) < 4.78 is 4.83. The van der Waals surface area contributed by atoms with Crippen molar-refractivity contribution in [2.45, 2.75) is 40.7 Å². The van der Waals surface area contributed by atoms with Crippen molar-refractivity contribution in [3.05, 3.63) is 0 Å².